The second-order valence-electron chi connectivity index (χ2n) is 6.72. The predicted octanol–water partition coefficient (Wildman–Crippen LogP) is 2.75. The van der Waals surface area contributed by atoms with E-state index in [1.807, 2.05) is 61.2 Å². The summed E-state index contributed by atoms with van der Waals surface area (Å²) in [6.07, 6.45) is 3.73. The number of anilines is 2. The molecule has 0 radical (unpaired) electrons. The third-order valence-electron chi connectivity index (χ3n) is 4.39. The number of carbonyl (C=O) groups is 1. The van der Waals surface area contributed by atoms with E-state index in [9.17, 15) is 4.79 Å². The minimum atomic E-state index is 0.0547. The highest BCUT2D eigenvalue weighted by molar-refractivity contribution is 5.79. The van der Waals surface area contributed by atoms with Crippen molar-refractivity contribution in [2.75, 3.05) is 32.5 Å². The predicted molar refractivity (Wildman–Crippen MR) is 98.7 cm³/mol. The molecule has 1 saturated heterocycles. The zero-order valence-corrected chi connectivity index (χ0v) is 15.1. The van der Waals surface area contributed by atoms with Crippen LogP contribution in [0.15, 0.2) is 36.5 Å². The molecular weight excluding hydrogens is 314 g/mol. The maximum atomic E-state index is 12.5. The smallest absolute Gasteiger partial charge is 0.237 e. The monoisotopic (exact) mass is 339 g/mol. The number of hydrogen-bond acceptors (Lipinski definition) is 5. The Morgan fingerprint density at radius 2 is 2.16 bits per heavy atom. The fourth-order valence-corrected chi connectivity index (χ4v) is 3.18. The number of hydrogen-bond donors (Lipinski definition) is 1. The van der Waals surface area contributed by atoms with Gasteiger partial charge >= 0.3 is 0 Å². The first-order chi connectivity index (χ1) is 12.0. The number of amides is 1. The van der Waals surface area contributed by atoms with Gasteiger partial charge in [-0.15, -0.1) is 0 Å². The molecule has 1 atom stereocenters. The molecule has 25 heavy (non-hydrogen) atoms. The molecule has 0 aliphatic carbocycles. The first-order valence-corrected chi connectivity index (χ1v) is 8.64. The van der Waals surface area contributed by atoms with Crippen LogP contribution < -0.4 is 5.32 Å². The van der Waals surface area contributed by atoms with Gasteiger partial charge in [-0.1, -0.05) is 12.1 Å². The van der Waals surface area contributed by atoms with Crippen LogP contribution in [0.25, 0.3) is 0 Å². The Morgan fingerprint density at radius 3 is 2.92 bits per heavy atom. The molecule has 1 amide bonds. The van der Waals surface area contributed by atoms with Crippen LogP contribution >= 0.6 is 0 Å². The number of rotatable bonds is 5. The molecule has 3 heterocycles. The summed E-state index contributed by atoms with van der Waals surface area (Å²) < 4.78 is 0. The molecule has 1 aliphatic rings. The summed E-state index contributed by atoms with van der Waals surface area (Å²) in [5, 5.41) is 3.28. The summed E-state index contributed by atoms with van der Waals surface area (Å²) in [6, 6.07) is 9.89. The summed E-state index contributed by atoms with van der Waals surface area (Å²) in [4.78, 5) is 25.5. The lowest BCUT2D eigenvalue weighted by atomic mass is 10.1. The Balaban J connectivity index is 1.78. The second kappa shape index (κ2) is 7.61. The van der Waals surface area contributed by atoms with E-state index in [-0.39, 0.29) is 11.9 Å². The lowest BCUT2D eigenvalue weighted by Gasteiger charge is -2.26. The fourth-order valence-electron chi connectivity index (χ4n) is 3.18. The van der Waals surface area contributed by atoms with Crippen LogP contribution in [-0.4, -0.2) is 52.9 Å². The van der Waals surface area contributed by atoms with E-state index in [1.54, 1.807) is 6.20 Å². The molecule has 1 aliphatic heterocycles. The number of likely N-dealkylation sites (tertiary alicyclic amines) is 1. The van der Waals surface area contributed by atoms with E-state index in [1.165, 1.54) is 0 Å². The molecule has 0 saturated carbocycles. The lowest BCUT2D eigenvalue weighted by Crippen LogP contribution is -2.37. The standard InChI is InChI=1S/C19H25N5O/c1-14-7-5-11-20-19(14)22-17-10-4-8-15(21-17)16-9-6-12-24(16)18(25)13-23(2)3/h4-5,7-8,10-11,16H,6,9,12-13H2,1-3H3,(H,20,21,22)/t16-/m1/s1. The van der Waals surface area contributed by atoms with Crippen LogP contribution in [0.5, 0.6) is 0 Å². The zero-order valence-electron chi connectivity index (χ0n) is 15.1. The van der Waals surface area contributed by atoms with E-state index in [4.69, 9.17) is 4.98 Å². The van der Waals surface area contributed by atoms with Gasteiger partial charge in [0, 0.05) is 12.7 Å². The van der Waals surface area contributed by atoms with E-state index in [2.05, 4.69) is 10.3 Å². The largest absolute Gasteiger partial charge is 0.333 e. The molecule has 132 valence electrons. The third-order valence-corrected chi connectivity index (χ3v) is 4.39. The second-order valence-corrected chi connectivity index (χ2v) is 6.72. The molecule has 2 aromatic heterocycles. The van der Waals surface area contributed by atoms with Gasteiger partial charge in [-0.25, -0.2) is 9.97 Å². The van der Waals surface area contributed by atoms with Crippen LogP contribution in [0, 0.1) is 6.92 Å². The van der Waals surface area contributed by atoms with Crippen molar-refractivity contribution >= 4 is 17.5 Å². The Kier molecular flexibility index (Phi) is 5.28. The highest BCUT2D eigenvalue weighted by Crippen LogP contribution is 2.31. The first kappa shape index (κ1) is 17.4. The quantitative estimate of drug-likeness (QED) is 0.907. The Hall–Kier alpha value is -2.47. The van der Waals surface area contributed by atoms with Crippen LogP contribution in [0.3, 0.4) is 0 Å². The van der Waals surface area contributed by atoms with Crippen LogP contribution in [0.2, 0.25) is 0 Å². The molecule has 2 aromatic rings. The number of pyridine rings is 2. The Morgan fingerprint density at radius 1 is 1.32 bits per heavy atom. The van der Waals surface area contributed by atoms with Crippen LogP contribution in [0.4, 0.5) is 11.6 Å². The summed E-state index contributed by atoms with van der Waals surface area (Å²) >= 11 is 0. The summed E-state index contributed by atoms with van der Waals surface area (Å²) in [5.74, 6) is 1.72. The average molecular weight is 339 g/mol. The molecule has 0 unspecified atom stereocenters. The van der Waals surface area contributed by atoms with Crippen molar-refractivity contribution in [3.05, 3.63) is 47.8 Å². The summed E-state index contributed by atoms with van der Waals surface area (Å²) in [6.45, 7) is 3.25. The number of aryl methyl sites for hydroxylation is 1. The van der Waals surface area contributed by atoms with E-state index < -0.39 is 0 Å². The van der Waals surface area contributed by atoms with Crippen molar-refractivity contribution in [3.8, 4) is 0 Å². The summed E-state index contributed by atoms with van der Waals surface area (Å²) in [7, 11) is 3.84. The minimum absolute atomic E-state index is 0.0547. The van der Waals surface area contributed by atoms with Gasteiger partial charge in [-0.05, 0) is 57.6 Å². The number of aromatic nitrogens is 2. The Labute approximate surface area is 148 Å². The molecule has 0 bridgehead atoms. The molecule has 6 nitrogen and oxygen atoms in total. The normalized spacial score (nSPS) is 17.1. The molecule has 1 N–H and O–H groups in total. The lowest BCUT2D eigenvalue weighted by molar-refractivity contribution is -0.132. The van der Waals surface area contributed by atoms with Crippen molar-refractivity contribution in [2.45, 2.75) is 25.8 Å². The van der Waals surface area contributed by atoms with Gasteiger partial charge in [0.05, 0.1) is 18.3 Å². The van der Waals surface area contributed by atoms with Gasteiger partial charge in [-0.3, -0.25) is 4.79 Å². The molecule has 3 rings (SSSR count). The van der Waals surface area contributed by atoms with Crippen LogP contribution in [0.1, 0.15) is 30.1 Å². The van der Waals surface area contributed by atoms with Gasteiger partial charge in [0.15, 0.2) is 0 Å². The molecule has 0 spiro atoms. The van der Waals surface area contributed by atoms with Gasteiger partial charge in [0.25, 0.3) is 0 Å². The number of nitrogens with zero attached hydrogens (tertiary/aromatic N) is 4. The SMILES string of the molecule is Cc1cccnc1Nc1cccc([C@H]2CCCN2C(=O)CN(C)C)n1. The van der Waals surface area contributed by atoms with Gasteiger partial charge in [0.1, 0.15) is 11.6 Å². The highest BCUT2D eigenvalue weighted by Gasteiger charge is 2.31. The van der Waals surface area contributed by atoms with E-state index in [0.29, 0.717) is 6.54 Å². The van der Waals surface area contributed by atoms with Crippen molar-refractivity contribution in [1.82, 2.24) is 19.8 Å². The van der Waals surface area contributed by atoms with Crippen molar-refractivity contribution in [1.29, 1.82) is 0 Å². The Bertz CT molecular complexity index is 746. The number of nitrogens with one attached hydrogen (secondary N) is 1. The minimum Gasteiger partial charge on any atom is -0.333 e. The molecule has 1 fully saturated rings. The maximum Gasteiger partial charge on any atom is 0.237 e. The van der Waals surface area contributed by atoms with Crippen molar-refractivity contribution in [2.24, 2.45) is 0 Å². The summed E-state index contributed by atoms with van der Waals surface area (Å²) in [5.41, 5.74) is 2.00. The van der Waals surface area contributed by atoms with Crippen molar-refractivity contribution < 1.29 is 4.79 Å². The maximum absolute atomic E-state index is 12.5. The van der Waals surface area contributed by atoms with Crippen molar-refractivity contribution in [3.63, 3.8) is 0 Å². The number of carbonyl (C=O) groups excluding carboxylic acids is 1. The zero-order chi connectivity index (χ0) is 17.8. The molecular formula is C19H25N5O. The topological polar surface area (TPSA) is 61.4 Å². The van der Waals surface area contributed by atoms with Gasteiger partial charge in [0.2, 0.25) is 5.91 Å². The fraction of sp³-hybridized carbons (Fsp3) is 0.421. The molecule has 6 heteroatoms. The first-order valence-electron chi connectivity index (χ1n) is 8.64. The highest BCUT2D eigenvalue weighted by atomic mass is 16.2. The third kappa shape index (κ3) is 4.14. The molecule has 0 aromatic carbocycles. The van der Waals surface area contributed by atoms with E-state index in [0.717, 1.165) is 42.3 Å². The number of likely N-dealkylation sites (N-methyl/N-ethyl adjacent to an activating group) is 1. The van der Waals surface area contributed by atoms with E-state index >= 15 is 0 Å². The van der Waals surface area contributed by atoms with Crippen LogP contribution in [-0.2, 0) is 4.79 Å². The van der Waals surface area contributed by atoms with Gasteiger partial charge < -0.3 is 15.1 Å². The average Bonchev–Trinajstić information content (AvgIpc) is 3.06. The van der Waals surface area contributed by atoms with Gasteiger partial charge in [-0.2, -0.15) is 0 Å².